The van der Waals surface area contributed by atoms with E-state index in [4.69, 9.17) is 14.2 Å². The molecule has 0 saturated carbocycles. The fourth-order valence-electron chi connectivity index (χ4n) is 3.22. The summed E-state index contributed by atoms with van der Waals surface area (Å²) in [6.07, 6.45) is -4.19. The maximum absolute atomic E-state index is 11.6. The van der Waals surface area contributed by atoms with Gasteiger partial charge in [-0.2, -0.15) is 0 Å². The van der Waals surface area contributed by atoms with Crippen LogP contribution in [0, 0.1) is 0 Å². The summed E-state index contributed by atoms with van der Waals surface area (Å²) in [5.74, 6) is -0.350. The molecule has 0 aromatic heterocycles. The van der Waals surface area contributed by atoms with Crippen LogP contribution in [-0.4, -0.2) is 53.4 Å². The van der Waals surface area contributed by atoms with Gasteiger partial charge < -0.3 is 29.7 Å². The maximum Gasteiger partial charge on any atom is 0.217 e. The van der Waals surface area contributed by atoms with Gasteiger partial charge in [0, 0.05) is 6.92 Å². The van der Waals surface area contributed by atoms with Gasteiger partial charge in [0.25, 0.3) is 0 Å². The average Bonchev–Trinajstić information content (AvgIpc) is 2.73. The molecular formula is C22H27NO6. The first-order valence-electron chi connectivity index (χ1n) is 9.60. The number of aliphatic hydroxyl groups excluding tert-OH is 2. The van der Waals surface area contributed by atoms with E-state index in [1.54, 1.807) is 0 Å². The highest BCUT2D eigenvalue weighted by atomic mass is 16.7. The van der Waals surface area contributed by atoms with E-state index >= 15 is 0 Å². The van der Waals surface area contributed by atoms with Crippen molar-refractivity contribution in [2.75, 3.05) is 6.61 Å². The smallest absolute Gasteiger partial charge is 0.217 e. The van der Waals surface area contributed by atoms with Gasteiger partial charge in [0.05, 0.1) is 19.8 Å². The third kappa shape index (κ3) is 6.09. The van der Waals surface area contributed by atoms with Crippen molar-refractivity contribution in [3.63, 3.8) is 0 Å². The number of carbonyl (C=O) groups excluding carboxylic acids is 1. The Hall–Kier alpha value is -2.29. The molecule has 1 saturated heterocycles. The number of nitrogens with one attached hydrogen (secondary N) is 1. The van der Waals surface area contributed by atoms with Crippen LogP contribution in [0.15, 0.2) is 60.7 Å². The van der Waals surface area contributed by atoms with E-state index in [1.807, 2.05) is 60.7 Å². The third-order valence-corrected chi connectivity index (χ3v) is 4.72. The van der Waals surface area contributed by atoms with Gasteiger partial charge in [0.15, 0.2) is 6.29 Å². The van der Waals surface area contributed by atoms with Crippen molar-refractivity contribution in [2.24, 2.45) is 0 Å². The zero-order valence-corrected chi connectivity index (χ0v) is 16.3. The van der Waals surface area contributed by atoms with Crippen LogP contribution in [0.25, 0.3) is 0 Å². The van der Waals surface area contributed by atoms with Crippen LogP contribution in [0.2, 0.25) is 0 Å². The molecule has 156 valence electrons. The second-order valence-electron chi connectivity index (χ2n) is 7.05. The fraction of sp³-hybridized carbons (Fsp3) is 0.409. The van der Waals surface area contributed by atoms with Crippen molar-refractivity contribution in [3.8, 4) is 0 Å². The number of amides is 1. The molecule has 0 unspecified atom stereocenters. The quantitative estimate of drug-likeness (QED) is 0.618. The maximum atomic E-state index is 11.6. The van der Waals surface area contributed by atoms with Crippen molar-refractivity contribution in [2.45, 2.75) is 50.8 Å². The van der Waals surface area contributed by atoms with E-state index < -0.39 is 30.6 Å². The summed E-state index contributed by atoms with van der Waals surface area (Å²) < 4.78 is 17.4. The molecule has 5 atom stereocenters. The summed E-state index contributed by atoms with van der Waals surface area (Å²) in [5, 5.41) is 23.6. The summed E-state index contributed by atoms with van der Waals surface area (Å²) in [5.41, 5.74) is 1.92. The minimum atomic E-state index is -1.25. The molecule has 1 aliphatic heterocycles. The minimum Gasteiger partial charge on any atom is -0.388 e. The first-order chi connectivity index (χ1) is 14.0. The van der Waals surface area contributed by atoms with Gasteiger partial charge in [-0.1, -0.05) is 60.7 Å². The van der Waals surface area contributed by atoms with E-state index in [1.165, 1.54) is 6.92 Å². The Bertz CT molecular complexity index is 756. The van der Waals surface area contributed by atoms with Crippen LogP contribution >= 0.6 is 0 Å². The molecule has 1 amide bonds. The lowest BCUT2D eigenvalue weighted by atomic mass is 9.97. The Morgan fingerprint density at radius 2 is 1.55 bits per heavy atom. The molecule has 0 bridgehead atoms. The van der Waals surface area contributed by atoms with Crippen LogP contribution in [0.1, 0.15) is 18.1 Å². The van der Waals surface area contributed by atoms with Crippen LogP contribution in [0.4, 0.5) is 0 Å². The summed E-state index contributed by atoms with van der Waals surface area (Å²) in [4.78, 5) is 11.6. The van der Waals surface area contributed by atoms with Crippen molar-refractivity contribution in [3.05, 3.63) is 71.8 Å². The Balaban J connectivity index is 1.62. The lowest BCUT2D eigenvalue weighted by Gasteiger charge is -2.42. The van der Waals surface area contributed by atoms with Gasteiger partial charge >= 0.3 is 0 Å². The van der Waals surface area contributed by atoms with Crippen molar-refractivity contribution in [1.29, 1.82) is 0 Å². The Morgan fingerprint density at radius 3 is 2.14 bits per heavy atom. The number of carbonyl (C=O) groups is 1. The molecule has 1 aliphatic rings. The predicted molar refractivity (Wildman–Crippen MR) is 106 cm³/mol. The van der Waals surface area contributed by atoms with E-state index in [2.05, 4.69) is 5.32 Å². The molecule has 7 nitrogen and oxygen atoms in total. The number of aliphatic hydroxyl groups is 2. The van der Waals surface area contributed by atoms with Gasteiger partial charge in [-0.25, -0.2) is 0 Å². The fourth-order valence-corrected chi connectivity index (χ4v) is 3.22. The molecule has 2 aromatic rings. The van der Waals surface area contributed by atoms with Crippen LogP contribution in [0.3, 0.4) is 0 Å². The largest absolute Gasteiger partial charge is 0.388 e. The van der Waals surface area contributed by atoms with Crippen LogP contribution in [0.5, 0.6) is 0 Å². The molecule has 29 heavy (non-hydrogen) atoms. The van der Waals surface area contributed by atoms with E-state index in [0.717, 1.165) is 11.1 Å². The summed E-state index contributed by atoms with van der Waals surface area (Å²) in [6.45, 7) is 2.00. The van der Waals surface area contributed by atoms with Crippen LogP contribution in [-0.2, 0) is 32.2 Å². The lowest BCUT2D eigenvalue weighted by Crippen LogP contribution is -2.64. The summed E-state index contributed by atoms with van der Waals surface area (Å²) in [6, 6.07) is 18.2. The average molecular weight is 401 g/mol. The molecule has 3 N–H and O–H groups in total. The number of benzene rings is 2. The van der Waals surface area contributed by atoms with E-state index in [9.17, 15) is 15.0 Å². The number of rotatable bonds is 8. The molecule has 0 radical (unpaired) electrons. The zero-order chi connectivity index (χ0) is 20.6. The lowest BCUT2D eigenvalue weighted by molar-refractivity contribution is -0.276. The second-order valence-corrected chi connectivity index (χ2v) is 7.05. The Kier molecular flexibility index (Phi) is 7.74. The zero-order valence-electron chi connectivity index (χ0n) is 16.3. The molecule has 3 rings (SSSR count). The molecule has 1 fully saturated rings. The Morgan fingerprint density at radius 1 is 0.966 bits per heavy atom. The Labute approximate surface area is 170 Å². The number of hydrogen-bond acceptors (Lipinski definition) is 6. The van der Waals surface area contributed by atoms with Gasteiger partial charge in [-0.15, -0.1) is 0 Å². The van der Waals surface area contributed by atoms with Crippen molar-refractivity contribution < 1.29 is 29.2 Å². The highest BCUT2D eigenvalue weighted by molar-refractivity contribution is 5.73. The molecule has 0 aliphatic carbocycles. The van der Waals surface area contributed by atoms with Crippen molar-refractivity contribution in [1.82, 2.24) is 5.32 Å². The summed E-state index contributed by atoms with van der Waals surface area (Å²) in [7, 11) is 0. The number of hydrogen-bond donors (Lipinski definition) is 3. The van der Waals surface area contributed by atoms with Gasteiger partial charge in [-0.05, 0) is 11.1 Å². The normalized spacial score (nSPS) is 26.8. The van der Waals surface area contributed by atoms with Crippen molar-refractivity contribution >= 4 is 5.91 Å². The third-order valence-electron chi connectivity index (χ3n) is 4.72. The molecule has 1 heterocycles. The van der Waals surface area contributed by atoms with Crippen LogP contribution < -0.4 is 5.32 Å². The first kappa shape index (κ1) is 21.4. The molecule has 7 heteroatoms. The second kappa shape index (κ2) is 10.5. The van der Waals surface area contributed by atoms with E-state index in [0.29, 0.717) is 6.61 Å². The van der Waals surface area contributed by atoms with Gasteiger partial charge in [-0.3, -0.25) is 4.79 Å². The number of ether oxygens (including phenoxy) is 3. The van der Waals surface area contributed by atoms with Gasteiger partial charge in [0.1, 0.15) is 24.4 Å². The minimum absolute atomic E-state index is 0.0745. The summed E-state index contributed by atoms with van der Waals surface area (Å²) >= 11 is 0. The first-order valence-corrected chi connectivity index (χ1v) is 9.60. The molecule has 2 aromatic carbocycles. The van der Waals surface area contributed by atoms with Gasteiger partial charge in [0.2, 0.25) is 5.91 Å². The monoisotopic (exact) mass is 401 g/mol. The highest BCUT2D eigenvalue weighted by Gasteiger charge is 2.45. The standard InChI is InChI=1S/C22H27NO6/c1-15(24)23-19-21(26)20(25)18(14-27-12-16-8-4-2-5-9-16)29-22(19)28-13-17-10-6-3-7-11-17/h2-11,18-22,25-26H,12-14H2,1H3,(H,23,24)/t18-,19-,20+,21-,22+/m1/s1. The SMILES string of the molecule is CC(=O)N[C@H]1[C@@H](OCc2ccccc2)O[C@H](COCc2ccccc2)[C@H](O)[C@@H]1O. The predicted octanol–water partition coefficient (Wildman–Crippen LogP) is 1.37. The topological polar surface area (TPSA) is 97.3 Å². The molecule has 0 spiro atoms. The highest BCUT2D eigenvalue weighted by Crippen LogP contribution is 2.24. The van der Waals surface area contributed by atoms with E-state index in [-0.39, 0.29) is 19.1 Å². The molecular weight excluding hydrogens is 374 g/mol.